The number of methoxy groups -OCH3 is 1. The zero-order chi connectivity index (χ0) is 10.6. The first-order valence-corrected chi connectivity index (χ1v) is 4.05. The van der Waals surface area contributed by atoms with Gasteiger partial charge >= 0.3 is 0 Å². The van der Waals surface area contributed by atoms with E-state index in [9.17, 15) is 4.39 Å². The molecule has 2 unspecified atom stereocenters. The van der Waals surface area contributed by atoms with Crippen LogP contribution in [-0.2, 0) is 0 Å². The van der Waals surface area contributed by atoms with Crippen LogP contribution in [0.4, 0.5) is 4.39 Å². The summed E-state index contributed by atoms with van der Waals surface area (Å²) in [4.78, 5) is 0. The van der Waals surface area contributed by atoms with E-state index < -0.39 is 12.3 Å². The zero-order valence-electron chi connectivity index (χ0n) is 7.64. The second-order valence-corrected chi connectivity index (χ2v) is 2.72. The molecule has 0 saturated carbocycles. The number of benzene rings is 1. The summed E-state index contributed by atoms with van der Waals surface area (Å²) >= 11 is 0. The molecule has 0 aliphatic rings. The summed E-state index contributed by atoms with van der Waals surface area (Å²) in [6, 6.07) is 7.80. The Balaban J connectivity index is 3.00. The Hall–Kier alpha value is -1.60. The number of aliphatic hydroxyl groups is 1. The molecule has 3 nitrogen and oxygen atoms in total. The quantitative estimate of drug-likeness (QED) is 0.745. The van der Waals surface area contributed by atoms with Crippen molar-refractivity contribution in [2.45, 2.75) is 12.3 Å². The van der Waals surface area contributed by atoms with Gasteiger partial charge in [-0.05, 0) is 6.07 Å². The molecule has 0 heterocycles. The van der Waals surface area contributed by atoms with Crippen molar-refractivity contribution in [3.8, 4) is 11.8 Å². The fraction of sp³-hybridized carbons (Fsp3) is 0.300. The van der Waals surface area contributed by atoms with Crippen LogP contribution in [0.15, 0.2) is 24.3 Å². The third-order valence-corrected chi connectivity index (χ3v) is 1.85. The van der Waals surface area contributed by atoms with Gasteiger partial charge in [0, 0.05) is 5.56 Å². The summed E-state index contributed by atoms with van der Waals surface area (Å²) in [5, 5.41) is 17.4. The number of nitrogens with zero attached hydrogens (tertiary/aromatic N) is 1. The molecule has 4 heteroatoms. The minimum Gasteiger partial charge on any atom is -0.496 e. The number of alkyl halides is 1. The second kappa shape index (κ2) is 4.58. The van der Waals surface area contributed by atoms with Gasteiger partial charge in [0.1, 0.15) is 5.75 Å². The smallest absolute Gasteiger partial charge is 0.175 e. The lowest BCUT2D eigenvalue weighted by Crippen LogP contribution is -2.12. The third kappa shape index (κ3) is 2.01. The summed E-state index contributed by atoms with van der Waals surface area (Å²) < 4.78 is 18.3. The zero-order valence-corrected chi connectivity index (χ0v) is 7.64. The van der Waals surface area contributed by atoms with Crippen molar-refractivity contribution in [1.29, 1.82) is 5.26 Å². The van der Waals surface area contributed by atoms with Gasteiger partial charge in [0.25, 0.3) is 0 Å². The lowest BCUT2D eigenvalue weighted by molar-refractivity contribution is 0.120. The molecular formula is C10H10FNO2. The summed E-state index contributed by atoms with van der Waals surface area (Å²) in [6.45, 7) is 0. The Morgan fingerprint density at radius 1 is 1.50 bits per heavy atom. The van der Waals surface area contributed by atoms with Crippen LogP contribution >= 0.6 is 0 Å². The first kappa shape index (κ1) is 10.5. The van der Waals surface area contributed by atoms with Crippen molar-refractivity contribution < 1.29 is 14.2 Å². The normalized spacial score (nSPS) is 14.1. The molecule has 2 atom stereocenters. The molecule has 0 aliphatic heterocycles. The van der Waals surface area contributed by atoms with Crippen LogP contribution < -0.4 is 4.74 Å². The average molecular weight is 195 g/mol. The Bertz CT molecular complexity index is 348. The molecule has 0 saturated heterocycles. The molecule has 0 amide bonds. The molecular weight excluding hydrogens is 185 g/mol. The van der Waals surface area contributed by atoms with Gasteiger partial charge in [-0.25, -0.2) is 4.39 Å². The maximum Gasteiger partial charge on any atom is 0.175 e. The standard InChI is InChI=1S/C10H10FNO2/c1-14-9-5-3-2-4-7(9)10(11)8(13)6-12/h2-5,8,10,13H,1H3. The van der Waals surface area contributed by atoms with Gasteiger partial charge < -0.3 is 9.84 Å². The number of ether oxygens (including phenoxy) is 1. The molecule has 0 aliphatic carbocycles. The van der Waals surface area contributed by atoms with E-state index in [4.69, 9.17) is 15.1 Å². The van der Waals surface area contributed by atoms with Crippen LogP contribution in [0.2, 0.25) is 0 Å². The van der Waals surface area contributed by atoms with Gasteiger partial charge in [-0.15, -0.1) is 0 Å². The van der Waals surface area contributed by atoms with Crippen LogP contribution in [0.3, 0.4) is 0 Å². The maximum atomic E-state index is 13.4. The number of aliphatic hydroxyl groups excluding tert-OH is 1. The van der Waals surface area contributed by atoms with E-state index in [1.165, 1.54) is 19.2 Å². The summed E-state index contributed by atoms with van der Waals surface area (Å²) in [5.41, 5.74) is 0.184. The van der Waals surface area contributed by atoms with E-state index in [0.717, 1.165) is 0 Å². The number of hydrogen-bond acceptors (Lipinski definition) is 3. The average Bonchev–Trinajstić information content (AvgIpc) is 2.26. The molecule has 1 aromatic rings. The highest BCUT2D eigenvalue weighted by molar-refractivity contribution is 5.36. The Labute approximate surface area is 81.4 Å². The van der Waals surface area contributed by atoms with E-state index in [1.807, 2.05) is 0 Å². The number of para-hydroxylation sites is 1. The van der Waals surface area contributed by atoms with Crippen molar-refractivity contribution in [1.82, 2.24) is 0 Å². The Kier molecular flexibility index (Phi) is 3.43. The number of hydrogen-bond donors (Lipinski definition) is 1. The van der Waals surface area contributed by atoms with Gasteiger partial charge in [0.15, 0.2) is 12.3 Å². The second-order valence-electron chi connectivity index (χ2n) is 2.72. The van der Waals surface area contributed by atoms with Crippen molar-refractivity contribution in [2.75, 3.05) is 7.11 Å². The summed E-state index contributed by atoms with van der Waals surface area (Å²) in [7, 11) is 1.41. The molecule has 1 aromatic carbocycles. The molecule has 74 valence electrons. The summed E-state index contributed by atoms with van der Waals surface area (Å²) in [5.74, 6) is 0.328. The van der Waals surface area contributed by atoms with Crippen LogP contribution in [0.25, 0.3) is 0 Å². The van der Waals surface area contributed by atoms with Crippen molar-refractivity contribution in [3.05, 3.63) is 29.8 Å². The highest BCUT2D eigenvalue weighted by Crippen LogP contribution is 2.29. The number of rotatable bonds is 3. The van der Waals surface area contributed by atoms with Gasteiger partial charge in [-0.1, -0.05) is 18.2 Å². The van der Waals surface area contributed by atoms with Crippen LogP contribution in [0.1, 0.15) is 11.7 Å². The third-order valence-electron chi connectivity index (χ3n) is 1.85. The molecule has 0 aromatic heterocycles. The molecule has 0 fully saturated rings. The van der Waals surface area contributed by atoms with Crippen LogP contribution in [0.5, 0.6) is 5.75 Å². The van der Waals surface area contributed by atoms with Gasteiger partial charge in [0.2, 0.25) is 0 Å². The number of halogens is 1. The maximum absolute atomic E-state index is 13.4. The van der Waals surface area contributed by atoms with Crippen molar-refractivity contribution >= 4 is 0 Å². The molecule has 1 N–H and O–H groups in total. The SMILES string of the molecule is COc1ccccc1C(F)C(O)C#N. The predicted molar refractivity (Wildman–Crippen MR) is 48.5 cm³/mol. The molecule has 0 spiro atoms. The van der Waals surface area contributed by atoms with Gasteiger partial charge in [-0.3, -0.25) is 0 Å². The Morgan fingerprint density at radius 3 is 2.71 bits per heavy atom. The fourth-order valence-corrected chi connectivity index (χ4v) is 1.13. The van der Waals surface area contributed by atoms with E-state index >= 15 is 0 Å². The molecule has 1 rings (SSSR count). The van der Waals surface area contributed by atoms with E-state index in [2.05, 4.69) is 0 Å². The highest BCUT2D eigenvalue weighted by Gasteiger charge is 2.22. The molecule has 0 radical (unpaired) electrons. The monoisotopic (exact) mass is 195 g/mol. The van der Waals surface area contributed by atoms with Crippen molar-refractivity contribution in [2.24, 2.45) is 0 Å². The molecule has 0 bridgehead atoms. The lowest BCUT2D eigenvalue weighted by Gasteiger charge is -2.12. The van der Waals surface area contributed by atoms with Gasteiger partial charge in [0.05, 0.1) is 13.2 Å². The predicted octanol–water partition coefficient (Wildman–Crippen LogP) is 1.59. The Morgan fingerprint density at radius 2 is 2.14 bits per heavy atom. The van der Waals surface area contributed by atoms with Gasteiger partial charge in [-0.2, -0.15) is 5.26 Å². The topological polar surface area (TPSA) is 53.2 Å². The highest BCUT2D eigenvalue weighted by atomic mass is 19.1. The first-order chi connectivity index (χ1) is 6.70. The van der Waals surface area contributed by atoms with E-state index in [1.54, 1.807) is 18.2 Å². The minimum atomic E-state index is -1.74. The molecule has 14 heavy (non-hydrogen) atoms. The largest absolute Gasteiger partial charge is 0.496 e. The fourth-order valence-electron chi connectivity index (χ4n) is 1.13. The minimum absolute atomic E-state index is 0.184. The lowest BCUT2D eigenvalue weighted by atomic mass is 10.1. The number of nitriles is 1. The van der Waals surface area contributed by atoms with E-state index in [0.29, 0.717) is 5.75 Å². The first-order valence-electron chi connectivity index (χ1n) is 4.05. The van der Waals surface area contributed by atoms with Crippen LogP contribution in [-0.4, -0.2) is 18.3 Å². The van der Waals surface area contributed by atoms with Crippen LogP contribution in [0, 0.1) is 11.3 Å². The van der Waals surface area contributed by atoms with E-state index in [-0.39, 0.29) is 5.56 Å². The summed E-state index contributed by atoms with van der Waals surface area (Å²) in [6.07, 6.45) is -3.40. The van der Waals surface area contributed by atoms with Crippen molar-refractivity contribution in [3.63, 3.8) is 0 Å².